The summed E-state index contributed by atoms with van der Waals surface area (Å²) in [5, 5.41) is 14.2. The molecule has 4 nitrogen and oxygen atoms in total. The first-order chi connectivity index (χ1) is 9.27. The minimum Gasteiger partial charge on any atom is -0.374 e. The van der Waals surface area contributed by atoms with Crippen LogP contribution in [0.15, 0.2) is 18.2 Å². The Kier molecular flexibility index (Phi) is 5.15. The molecule has 1 aromatic carbocycles. The number of nitrogens with one attached hydrogen (secondary N) is 2. The molecule has 1 unspecified atom stereocenters. The molecule has 1 aromatic rings. The smallest absolute Gasteiger partial charge is 0.243 e. The summed E-state index contributed by atoms with van der Waals surface area (Å²) in [6.07, 6.45) is 0. The number of carbonyl (C=O) groups excluding carboxylic acids is 1. The van der Waals surface area contributed by atoms with Crippen LogP contribution in [0.25, 0.3) is 0 Å². The molecule has 0 aliphatic rings. The molecule has 0 radical (unpaired) electrons. The Hall–Kier alpha value is -2.02. The molecule has 0 aromatic heterocycles. The largest absolute Gasteiger partial charge is 0.374 e. The Labute approximate surface area is 121 Å². The van der Waals surface area contributed by atoms with Crippen LogP contribution in [0.1, 0.15) is 38.8 Å². The molecule has 0 spiro atoms. The van der Waals surface area contributed by atoms with Gasteiger partial charge in [-0.25, -0.2) is 0 Å². The Morgan fingerprint density at radius 1 is 1.40 bits per heavy atom. The quantitative estimate of drug-likeness (QED) is 0.829. The van der Waals surface area contributed by atoms with E-state index < -0.39 is 0 Å². The van der Waals surface area contributed by atoms with E-state index in [0.717, 1.165) is 11.3 Å². The second-order valence-electron chi connectivity index (χ2n) is 5.97. The predicted molar refractivity (Wildman–Crippen MR) is 81.6 cm³/mol. The van der Waals surface area contributed by atoms with E-state index in [1.807, 2.05) is 18.2 Å². The monoisotopic (exact) mass is 273 g/mol. The van der Waals surface area contributed by atoms with Gasteiger partial charge in [-0.3, -0.25) is 4.79 Å². The molecule has 1 amide bonds. The van der Waals surface area contributed by atoms with E-state index in [2.05, 4.69) is 44.4 Å². The third-order valence-electron chi connectivity index (χ3n) is 3.25. The Balaban J connectivity index is 2.89. The predicted octanol–water partition coefficient (Wildman–Crippen LogP) is 2.73. The van der Waals surface area contributed by atoms with Crippen LogP contribution in [-0.4, -0.2) is 18.5 Å². The van der Waals surface area contributed by atoms with Gasteiger partial charge in [0, 0.05) is 5.69 Å². The topological polar surface area (TPSA) is 64.9 Å². The second-order valence-corrected chi connectivity index (χ2v) is 5.97. The van der Waals surface area contributed by atoms with Crippen molar-refractivity contribution in [2.75, 3.05) is 11.9 Å². The van der Waals surface area contributed by atoms with E-state index in [-0.39, 0.29) is 23.9 Å². The van der Waals surface area contributed by atoms with Gasteiger partial charge in [-0.2, -0.15) is 5.26 Å². The van der Waals surface area contributed by atoms with E-state index in [1.54, 1.807) is 6.92 Å². The normalized spacial score (nSPS) is 12.4. The molecular formula is C16H23N3O. The molecule has 0 bridgehead atoms. The zero-order chi connectivity index (χ0) is 15.3. The number of hydrogen-bond acceptors (Lipinski definition) is 3. The van der Waals surface area contributed by atoms with Crippen molar-refractivity contribution in [2.24, 2.45) is 0 Å². The molecule has 4 heteroatoms. The molecule has 2 N–H and O–H groups in total. The molecule has 20 heavy (non-hydrogen) atoms. The van der Waals surface area contributed by atoms with Gasteiger partial charge < -0.3 is 10.6 Å². The highest BCUT2D eigenvalue weighted by atomic mass is 16.2. The highest BCUT2D eigenvalue weighted by molar-refractivity contribution is 5.84. The van der Waals surface area contributed by atoms with Crippen LogP contribution < -0.4 is 10.6 Å². The lowest BCUT2D eigenvalue weighted by molar-refractivity contribution is -0.121. The molecule has 0 aliphatic carbocycles. The second kappa shape index (κ2) is 6.42. The zero-order valence-corrected chi connectivity index (χ0v) is 12.9. The summed E-state index contributed by atoms with van der Waals surface area (Å²) < 4.78 is 0. The Bertz CT molecular complexity index is 524. The fourth-order valence-corrected chi connectivity index (χ4v) is 2.18. The van der Waals surface area contributed by atoms with Crippen molar-refractivity contribution in [3.8, 4) is 6.07 Å². The molecular weight excluding hydrogens is 250 g/mol. The van der Waals surface area contributed by atoms with Gasteiger partial charge >= 0.3 is 0 Å². The van der Waals surface area contributed by atoms with Gasteiger partial charge in [0.15, 0.2) is 0 Å². The molecule has 0 aliphatic heterocycles. The van der Waals surface area contributed by atoms with Gasteiger partial charge in [0.25, 0.3) is 0 Å². The number of rotatable bonds is 4. The molecule has 108 valence electrons. The van der Waals surface area contributed by atoms with Gasteiger partial charge in [0.1, 0.15) is 12.6 Å². The standard InChI is InChI=1S/C16H23N3O/c1-11-13(16(3,4)5)7-6-8-14(11)19-12(2)15(20)18-10-9-17/h6-8,12,19H,10H2,1-5H3,(H,18,20). The fraction of sp³-hybridized carbons (Fsp3) is 0.500. The van der Waals surface area contributed by atoms with Crippen molar-refractivity contribution in [3.05, 3.63) is 29.3 Å². The van der Waals surface area contributed by atoms with Crippen LogP contribution in [0.3, 0.4) is 0 Å². The van der Waals surface area contributed by atoms with Crippen molar-refractivity contribution in [1.82, 2.24) is 5.32 Å². The molecule has 0 saturated heterocycles. The van der Waals surface area contributed by atoms with Gasteiger partial charge in [0.2, 0.25) is 5.91 Å². The number of nitriles is 1. The minimum absolute atomic E-state index is 0.0336. The summed E-state index contributed by atoms with van der Waals surface area (Å²) in [6.45, 7) is 10.4. The third kappa shape index (κ3) is 3.99. The van der Waals surface area contributed by atoms with Crippen molar-refractivity contribution in [1.29, 1.82) is 5.26 Å². The number of anilines is 1. The van der Waals surface area contributed by atoms with Crippen LogP contribution in [0.5, 0.6) is 0 Å². The van der Waals surface area contributed by atoms with Crippen LogP contribution in [0, 0.1) is 18.3 Å². The Morgan fingerprint density at radius 3 is 2.60 bits per heavy atom. The maximum absolute atomic E-state index is 11.8. The van der Waals surface area contributed by atoms with Gasteiger partial charge in [0.05, 0.1) is 6.07 Å². The SMILES string of the molecule is Cc1c(NC(C)C(=O)NCC#N)cccc1C(C)(C)C. The fourth-order valence-electron chi connectivity index (χ4n) is 2.18. The first-order valence-electron chi connectivity index (χ1n) is 6.78. The van der Waals surface area contributed by atoms with E-state index in [4.69, 9.17) is 5.26 Å². The average molecular weight is 273 g/mol. The van der Waals surface area contributed by atoms with Crippen molar-refractivity contribution < 1.29 is 4.79 Å². The molecule has 0 heterocycles. The van der Waals surface area contributed by atoms with Crippen molar-refractivity contribution >= 4 is 11.6 Å². The molecule has 1 atom stereocenters. The van der Waals surface area contributed by atoms with E-state index in [0.29, 0.717) is 0 Å². The van der Waals surface area contributed by atoms with Crippen LogP contribution in [0.2, 0.25) is 0 Å². The summed E-state index contributed by atoms with van der Waals surface area (Å²) >= 11 is 0. The van der Waals surface area contributed by atoms with Crippen LogP contribution in [-0.2, 0) is 10.2 Å². The zero-order valence-electron chi connectivity index (χ0n) is 12.9. The van der Waals surface area contributed by atoms with Crippen molar-refractivity contribution in [2.45, 2.75) is 46.1 Å². The number of amides is 1. The number of hydrogen-bond donors (Lipinski definition) is 2. The van der Waals surface area contributed by atoms with Crippen molar-refractivity contribution in [3.63, 3.8) is 0 Å². The maximum Gasteiger partial charge on any atom is 0.243 e. The maximum atomic E-state index is 11.8. The van der Waals surface area contributed by atoms with Gasteiger partial charge in [-0.15, -0.1) is 0 Å². The lowest BCUT2D eigenvalue weighted by Crippen LogP contribution is -2.37. The van der Waals surface area contributed by atoms with E-state index in [1.165, 1.54) is 5.56 Å². The van der Waals surface area contributed by atoms with Crippen LogP contribution in [0.4, 0.5) is 5.69 Å². The van der Waals surface area contributed by atoms with Gasteiger partial charge in [-0.1, -0.05) is 32.9 Å². The summed E-state index contributed by atoms with van der Waals surface area (Å²) in [5.74, 6) is -0.174. The number of nitrogens with zero attached hydrogens (tertiary/aromatic N) is 1. The van der Waals surface area contributed by atoms with Gasteiger partial charge in [-0.05, 0) is 36.5 Å². The van der Waals surface area contributed by atoms with E-state index in [9.17, 15) is 4.79 Å². The molecule has 0 fully saturated rings. The number of benzene rings is 1. The first kappa shape index (κ1) is 16.0. The lowest BCUT2D eigenvalue weighted by Gasteiger charge is -2.25. The third-order valence-corrected chi connectivity index (χ3v) is 3.25. The first-order valence-corrected chi connectivity index (χ1v) is 6.78. The lowest BCUT2D eigenvalue weighted by atomic mass is 9.83. The molecule has 0 saturated carbocycles. The average Bonchev–Trinajstić information content (AvgIpc) is 2.36. The highest BCUT2D eigenvalue weighted by Gasteiger charge is 2.19. The summed E-state index contributed by atoms with van der Waals surface area (Å²) in [7, 11) is 0. The number of carbonyl (C=O) groups is 1. The molecule has 1 rings (SSSR count). The minimum atomic E-state index is -0.378. The van der Waals surface area contributed by atoms with Crippen LogP contribution >= 0.6 is 0 Å². The summed E-state index contributed by atoms with van der Waals surface area (Å²) in [5.41, 5.74) is 3.43. The highest BCUT2D eigenvalue weighted by Crippen LogP contribution is 2.29. The summed E-state index contributed by atoms with van der Waals surface area (Å²) in [6, 6.07) is 7.60. The summed E-state index contributed by atoms with van der Waals surface area (Å²) in [4.78, 5) is 11.8. The van der Waals surface area contributed by atoms with E-state index >= 15 is 0 Å². The Morgan fingerprint density at radius 2 is 2.05 bits per heavy atom.